The summed E-state index contributed by atoms with van der Waals surface area (Å²) in [5.74, 6) is -3.25. The standard InChI is InChI=1S/C44H48N4O8S.2Na.2H/c49-41(33-5-4-6-38(27-33)57(55,56)48(36-21-22-36)35-19-15-32(16-20-35)44(53)54)46-40-24-23-37(47-25-2-1-3-26-47)28-39(40)42(50)45-34-17-11-30(12-18-34)8-7-29-9-13-31(14-10-29)43(51)52;;;;/h4-6,9-14,17-18,23-24,27-28,32,35-36H,1-3,7-8,15-16,19-22,25-26H2,(H,45,50)(H,46,49)(H,51,52)(H,53,54);;;;/q;2*+1;2*-1. The van der Waals surface area contributed by atoms with Crippen LogP contribution in [0.3, 0.4) is 0 Å². The summed E-state index contributed by atoms with van der Waals surface area (Å²) in [5, 5.41) is 24.5. The SMILES string of the molecule is O=C(O)c1ccc(CCc2ccc(NC(=O)c3cc(N4CCCCC4)ccc3NC(=O)c3cccc(S(=O)(=O)N(C4CCC(C(=O)O)CC4)C4CC4)c3)cc2)cc1.[H-].[H-].[Na+].[Na+]. The normalized spacial score (nSPS) is 17.9. The summed E-state index contributed by atoms with van der Waals surface area (Å²) < 4.78 is 29.8. The predicted molar refractivity (Wildman–Crippen MR) is 220 cm³/mol. The molecule has 2 saturated carbocycles. The average molecular weight is 841 g/mol. The minimum absolute atomic E-state index is 0. The van der Waals surface area contributed by atoms with Gasteiger partial charge in [-0.25, -0.2) is 13.2 Å². The molecule has 0 aromatic heterocycles. The molecule has 4 N–H and O–H groups in total. The molecule has 7 rings (SSSR count). The van der Waals surface area contributed by atoms with E-state index in [1.165, 1.54) is 12.1 Å². The molecule has 0 unspecified atom stereocenters. The number of rotatable bonds is 14. The maximum absolute atomic E-state index is 14.1. The maximum Gasteiger partial charge on any atom is 1.00 e. The molecule has 12 nitrogen and oxygen atoms in total. The summed E-state index contributed by atoms with van der Waals surface area (Å²) >= 11 is 0. The Labute approximate surface area is 392 Å². The first-order valence-electron chi connectivity index (χ1n) is 19.8. The fraction of sp³-hybridized carbons (Fsp3) is 0.364. The van der Waals surface area contributed by atoms with Crippen LogP contribution in [-0.4, -0.2) is 71.9 Å². The number of benzene rings is 4. The second kappa shape index (κ2) is 20.8. The Bertz CT molecular complexity index is 2250. The summed E-state index contributed by atoms with van der Waals surface area (Å²) in [6.07, 6.45) is 7.96. The van der Waals surface area contributed by atoms with Crippen LogP contribution >= 0.6 is 0 Å². The number of carbonyl (C=O) groups is 4. The van der Waals surface area contributed by atoms with Crippen LogP contribution < -0.4 is 74.6 Å². The minimum Gasteiger partial charge on any atom is -1.00 e. The van der Waals surface area contributed by atoms with Crippen LogP contribution in [0.4, 0.5) is 17.1 Å². The first-order valence-corrected chi connectivity index (χ1v) is 21.2. The number of carboxylic acids is 2. The molecular formula is C44H50N4Na2O8S. The van der Waals surface area contributed by atoms with Crippen molar-refractivity contribution in [2.45, 2.75) is 87.6 Å². The zero-order valence-electron chi connectivity index (χ0n) is 35.7. The summed E-state index contributed by atoms with van der Waals surface area (Å²) in [6.45, 7) is 1.72. The van der Waals surface area contributed by atoms with Crippen LogP contribution in [0, 0.1) is 5.92 Å². The number of aryl methyl sites for hydroxylation is 2. The van der Waals surface area contributed by atoms with Crippen LogP contribution in [0.15, 0.2) is 95.9 Å². The molecule has 3 aliphatic rings. The van der Waals surface area contributed by atoms with Crippen LogP contribution in [-0.2, 0) is 27.7 Å². The van der Waals surface area contributed by atoms with E-state index in [0.717, 1.165) is 74.8 Å². The van der Waals surface area contributed by atoms with Crippen LogP contribution in [0.5, 0.6) is 0 Å². The van der Waals surface area contributed by atoms with Crippen molar-refractivity contribution < 1.29 is 99.8 Å². The van der Waals surface area contributed by atoms with Crippen LogP contribution in [0.2, 0.25) is 0 Å². The van der Waals surface area contributed by atoms with E-state index in [0.29, 0.717) is 31.4 Å². The Morgan fingerprint density at radius 2 is 1.27 bits per heavy atom. The van der Waals surface area contributed by atoms with Gasteiger partial charge in [0.05, 0.1) is 27.6 Å². The number of nitrogens with one attached hydrogen (secondary N) is 2. The Kier molecular flexibility index (Phi) is 16.4. The van der Waals surface area contributed by atoms with Crippen molar-refractivity contribution in [3.63, 3.8) is 0 Å². The third-order valence-electron chi connectivity index (χ3n) is 11.3. The van der Waals surface area contributed by atoms with Gasteiger partial charge in [0, 0.05) is 42.1 Å². The van der Waals surface area contributed by atoms with E-state index in [-0.39, 0.29) is 101 Å². The third kappa shape index (κ3) is 11.6. The van der Waals surface area contributed by atoms with E-state index in [2.05, 4.69) is 15.5 Å². The third-order valence-corrected chi connectivity index (χ3v) is 13.3. The molecule has 0 radical (unpaired) electrons. The number of sulfonamides is 1. The largest absolute Gasteiger partial charge is 1.00 e. The maximum atomic E-state index is 14.1. The van der Waals surface area contributed by atoms with E-state index >= 15 is 0 Å². The molecule has 0 spiro atoms. The van der Waals surface area contributed by atoms with Gasteiger partial charge in [-0.15, -0.1) is 0 Å². The van der Waals surface area contributed by atoms with Gasteiger partial charge in [0.2, 0.25) is 10.0 Å². The molecule has 302 valence electrons. The van der Waals surface area contributed by atoms with Gasteiger partial charge < -0.3 is 28.6 Å². The number of nitrogens with zero attached hydrogens (tertiary/aromatic N) is 2. The molecule has 0 atom stereocenters. The summed E-state index contributed by atoms with van der Waals surface area (Å²) in [7, 11) is -3.99. The van der Waals surface area contributed by atoms with Crippen molar-refractivity contribution in [3.05, 3.63) is 119 Å². The molecule has 0 bridgehead atoms. The molecule has 1 heterocycles. The topological polar surface area (TPSA) is 173 Å². The van der Waals surface area contributed by atoms with E-state index < -0.39 is 39.7 Å². The van der Waals surface area contributed by atoms with Crippen molar-refractivity contribution in [2.24, 2.45) is 5.92 Å². The number of hydrogen-bond acceptors (Lipinski definition) is 7. The van der Waals surface area contributed by atoms with Gasteiger partial charge >= 0.3 is 71.1 Å². The zero-order chi connectivity index (χ0) is 40.1. The summed E-state index contributed by atoms with van der Waals surface area (Å²) in [4.78, 5) is 52.7. The van der Waals surface area contributed by atoms with E-state index in [9.17, 15) is 32.7 Å². The van der Waals surface area contributed by atoms with Crippen molar-refractivity contribution >= 4 is 50.8 Å². The van der Waals surface area contributed by atoms with E-state index in [1.54, 1.807) is 40.7 Å². The Hall–Kier alpha value is -3.53. The van der Waals surface area contributed by atoms with E-state index in [4.69, 9.17) is 5.11 Å². The van der Waals surface area contributed by atoms with Crippen LogP contribution in [0.1, 0.15) is 103 Å². The van der Waals surface area contributed by atoms with Gasteiger partial charge in [0.15, 0.2) is 0 Å². The second-order valence-corrected chi connectivity index (χ2v) is 17.2. The Morgan fingerprint density at radius 1 is 0.678 bits per heavy atom. The van der Waals surface area contributed by atoms with Crippen molar-refractivity contribution in [1.29, 1.82) is 0 Å². The first kappa shape index (κ1) is 46.5. The zero-order valence-corrected chi connectivity index (χ0v) is 38.5. The van der Waals surface area contributed by atoms with Gasteiger partial charge in [-0.1, -0.05) is 30.3 Å². The van der Waals surface area contributed by atoms with Crippen molar-refractivity contribution in [3.8, 4) is 0 Å². The Morgan fingerprint density at radius 3 is 1.85 bits per heavy atom. The smallest absolute Gasteiger partial charge is 1.00 e. The average Bonchev–Trinajstić information content (AvgIpc) is 4.06. The number of aliphatic carboxylic acids is 1. The number of anilines is 3. The van der Waals surface area contributed by atoms with Crippen molar-refractivity contribution in [2.75, 3.05) is 28.6 Å². The molecule has 4 aromatic carbocycles. The molecule has 2 amide bonds. The number of piperidine rings is 1. The van der Waals surface area contributed by atoms with E-state index in [1.807, 2.05) is 42.5 Å². The molecule has 2 aliphatic carbocycles. The fourth-order valence-corrected chi connectivity index (χ4v) is 9.92. The number of carboxylic acid groups (broad SMARTS) is 2. The number of amides is 2. The molecule has 1 aliphatic heterocycles. The van der Waals surface area contributed by atoms with Gasteiger partial charge in [0.1, 0.15) is 0 Å². The monoisotopic (exact) mass is 840 g/mol. The molecule has 4 aromatic rings. The summed E-state index contributed by atoms with van der Waals surface area (Å²) in [6, 6.07) is 25.2. The van der Waals surface area contributed by atoms with Gasteiger partial charge in [-0.3, -0.25) is 14.4 Å². The number of carbonyl (C=O) groups excluding carboxylic acids is 2. The Balaban J connectivity index is 0.00000248. The molecule has 1 saturated heterocycles. The molecule has 3 fully saturated rings. The van der Waals surface area contributed by atoms with Gasteiger partial charge in [-0.05, 0) is 142 Å². The molecule has 15 heteroatoms. The fourth-order valence-electron chi connectivity index (χ4n) is 7.94. The van der Waals surface area contributed by atoms with Crippen molar-refractivity contribution in [1.82, 2.24) is 4.31 Å². The minimum atomic E-state index is -3.99. The van der Waals surface area contributed by atoms with Crippen LogP contribution in [0.25, 0.3) is 0 Å². The molecule has 59 heavy (non-hydrogen) atoms. The van der Waals surface area contributed by atoms with Gasteiger partial charge in [-0.2, -0.15) is 4.31 Å². The first-order chi connectivity index (χ1) is 27.5. The predicted octanol–water partition coefficient (Wildman–Crippen LogP) is 1.69. The quantitative estimate of drug-likeness (QED) is 0.138. The number of aromatic carboxylic acids is 1. The van der Waals surface area contributed by atoms with Gasteiger partial charge in [0.25, 0.3) is 11.8 Å². The second-order valence-electron chi connectivity index (χ2n) is 15.3. The number of hydrogen-bond donors (Lipinski definition) is 4. The molecular weight excluding hydrogens is 791 g/mol. The summed E-state index contributed by atoms with van der Waals surface area (Å²) in [5.41, 5.74) is 4.43.